The molecule has 1 N–H and O–H groups in total. The van der Waals surface area contributed by atoms with E-state index in [1.165, 1.54) is 6.07 Å². The lowest BCUT2D eigenvalue weighted by Gasteiger charge is -2.11. The number of nitrogens with one attached hydrogen (secondary N) is 1. The summed E-state index contributed by atoms with van der Waals surface area (Å²) in [6, 6.07) is 10.4. The van der Waals surface area contributed by atoms with Gasteiger partial charge in [0, 0.05) is 11.6 Å². The average Bonchev–Trinajstić information content (AvgIpc) is 2.64. The van der Waals surface area contributed by atoms with Gasteiger partial charge in [0.25, 0.3) is 5.56 Å². The van der Waals surface area contributed by atoms with Crippen LogP contribution in [0.25, 0.3) is 10.9 Å². The Morgan fingerprint density at radius 3 is 2.54 bits per heavy atom. The van der Waals surface area contributed by atoms with Gasteiger partial charge < -0.3 is 5.32 Å². The van der Waals surface area contributed by atoms with Crippen molar-refractivity contribution in [3.63, 3.8) is 0 Å². The summed E-state index contributed by atoms with van der Waals surface area (Å²) in [5, 5.41) is 3.09. The van der Waals surface area contributed by atoms with Crippen LogP contribution in [0.1, 0.15) is 11.1 Å². The highest BCUT2D eigenvalue weighted by Gasteiger charge is 2.33. The molecule has 0 saturated heterocycles. The number of para-hydroxylation sites is 1. The first-order valence-corrected chi connectivity index (χ1v) is 8.70. The van der Waals surface area contributed by atoms with E-state index in [9.17, 15) is 22.8 Å². The van der Waals surface area contributed by atoms with Gasteiger partial charge in [0.15, 0.2) is 0 Å². The van der Waals surface area contributed by atoms with E-state index in [1.807, 2.05) is 12.1 Å². The highest BCUT2D eigenvalue weighted by Crippen LogP contribution is 2.32. The van der Waals surface area contributed by atoms with Crippen molar-refractivity contribution in [2.75, 3.05) is 6.54 Å². The molecule has 0 spiro atoms. The fraction of sp³-hybridized carbons (Fsp3) is 0.211. The Kier molecular flexibility index (Phi) is 5.69. The summed E-state index contributed by atoms with van der Waals surface area (Å²) >= 11 is 5.81. The van der Waals surface area contributed by atoms with E-state index in [0.717, 1.165) is 28.6 Å². The number of hydrogen-bond donors (Lipinski definition) is 1. The lowest BCUT2D eigenvalue weighted by molar-refractivity contribution is -0.136. The van der Waals surface area contributed by atoms with Crippen LogP contribution in [0.2, 0.25) is 5.02 Å². The minimum Gasteiger partial charge on any atom is -0.354 e. The molecular weight excluding hydrogens is 395 g/mol. The van der Waals surface area contributed by atoms with Crippen molar-refractivity contribution in [3.8, 4) is 0 Å². The van der Waals surface area contributed by atoms with Crippen LogP contribution in [0.3, 0.4) is 0 Å². The maximum Gasteiger partial charge on any atom is 0.418 e. The number of amides is 1. The number of aromatic nitrogens is 2. The predicted octanol–water partition coefficient (Wildman–Crippen LogP) is 3.43. The maximum atomic E-state index is 13.0. The van der Waals surface area contributed by atoms with Crippen molar-refractivity contribution < 1.29 is 18.0 Å². The summed E-state index contributed by atoms with van der Waals surface area (Å²) in [4.78, 5) is 28.3. The zero-order chi connectivity index (χ0) is 20.3. The number of rotatable bonds is 5. The smallest absolute Gasteiger partial charge is 0.354 e. The Labute approximate surface area is 162 Å². The molecule has 28 heavy (non-hydrogen) atoms. The molecular formula is C19H15ClF3N3O2. The molecule has 5 nitrogen and oxygen atoms in total. The van der Waals surface area contributed by atoms with Crippen molar-refractivity contribution in [2.45, 2.75) is 19.1 Å². The fourth-order valence-corrected chi connectivity index (χ4v) is 2.87. The molecule has 1 heterocycles. The lowest BCUT2D eigenvalue weighted by atomic mass is 10.1. The third kappa shape index (κ3) is 4.51. The Morgan fingerprint density at radius 1 is 1.14 bits per heavy atom. The second-order valence-corrected chi connectivity index (χ2v) is 6.54. The number of halogens is 4. The Hall–Kier alpha value is -2.87. The van der Waals surface area contributed by atoms with Gasteiger partial charge in [0.1, 0.15) is 6.54 Å². The third-order valence-corrected chi connectivity index (χ3v) is 4.37. The summed E-state index contributed by atoms with van der Waals surface area (Å²) in [7, 11) is 0. The van der Waals surface area contributed by atoms with Crippen LogP contribution >= 0.6 is 11.6 Å². The number of hydrogen-bond acceptors (Lipinski definition) is 3. The molecule has 0 saturated carbocycles. The number of benzene rings is 2. The maximum absolute atomic E-state index is 13.0. The van der Waals surface area contributed by atoms with Crippen LogP contribution in [0.5, 0.6) is 0 Å². The quantitative estimate of drug-likeness (QED) is 0.702. The van der Waals surface area contributed by atoms with E-state index in [0.29, 0.717) is 18.0 Å². The van der Waals surface area contributed by atoms with Gasteiger partial charge in [0.05, 0.1) is 22.8 Å². The first-order valence-electron chi connectivity index (χ1n) is 8.32. The van der Waals surface area contributed by atoms with Gasteiger partial charge in [-0.25, -0.2) is 4.98 Å². The molecule has 0 aliphatic heterocycles. The molecule has 0 aliphatic carbocycles. The zero-order valence-corrected chi connectivity index (χ0v) is 15.2. The van der Waals surface area contributed by atoms with Crippen molar-refractivity contribution in [2.24, 2.45) is 0 Å². The first-order chi connectivity index (χ1) is 13.3. The van der Waals surface area contributed by atoms with Gasteiger partial charge in [-0.3, -0.25) is 14.2 Å². The van der Waals surface area contributed by atoms with Gasteiger partial charge in [-0.1, -0.05) is 29.8 Å². The van der Waals surface area contributed by atoms with Crippen molar-refractivity contribution in [3.05, 3.63) is 75.3 Å². The number of nitrogens with zero attached hydrogens (tertiary/aromatic N) is 2. The molecule has 0 bridgehead atoms. The topological polar surface area (TPSA) is 64.0 Å². The average molecular weight is 410 g/mol. The van der Waals surface area contributed by atoms with Crippen LogP contribution in [0.4, 0.5) is 13.2 Å². The number of carbonyl (C=O) groups is 1. The molecule has 3 rings (SSSR count). The molecule has 9 heteroatoms. The van der Waals surface area contributed by atoms with Crippen molar-refractivity contribution in [1.82, 2.24) is 14.9 Å². The molecule has 146 valence electrons. The largest absolute Gasteiger partial charge is 0.418 e. The minimum atomic E-state index is -4.62. The zero-order valence-electron chi connectivity index (χ0n) is 14.5. The molecule has 0 unspecified atom stereocenters. The Bertz CT molecular complexity index is 1060. The molecule has 3 aromatic rings. The van der Waals surface area contributed by atoms with E-state index in [1.54, 1.807) is 12.1 Å². The van der Waals surface area contributed by atoms with Gasteiger partial charge in [-0.05, 0) is 36.2 Å². The predicted molar refractivity (Wildman–Crippen MR) is 99.2 cm³/mol. The molecule has 2 aromatic carbocycles. The lowest BCUT2D eigenvalue weighted by Crippen LogP contribution is -2.33. The van der Waals surface area contributed by atoms with Crippen LogP contribution in [0.15, 0.2) is 53.6 Å². The fourth-order valence-electron chi connectivity index (χ4n) is 2.74. The molecule has 0 aliphatic rings. The van der Waals surface area contributed by atoms with E-state index >= 15 is 0 Å². The molecule has 0 fully saturated rings. The monoisotopic (exact) mass is 409 g/mol. The minimum absolute atomic E-state index is 0.189. The number of fused-ring (bicyclic) bond motifs is 1. The van der Waals surface area contributed by atoms with Gasteiger partial charge in [-0.2, -0.15) is 13.2 Å². The van der Waals surface area contributed by atoms with Crippen LogP contribution < -0.4 is 10.9 Å². The summed E-state index contributed by atoms with van der Waals surface area (Å²) in [6.45, 7) is 0.00703. The van der Waals surface area contributed by atoms with Gasteiger partial charge >= 0.3 is 6.18 Å². The summed E-state index contributed by atoms with van der Waals surface area (Å²) in [5.41, 5.74) is -1.14. The summed E-state index contributed by atoms with van der Waals surface area (Å²) in [5.74, 6) is -0.441. The summed E-state index contributed by atoms with van der Waals surface area (Å²) < 4.78 is 40.1. The van der Waals surface area contributed by atoms with E-state index < -0.39 is 28.7 Å². The molecule has 0 radical (unpaired) electrons. The van der Waals surface area contributed by atoms with Gasteiger partial charge in [0.2, 0.25) is 5.91 Å². The standard InChI is InChI=1S/C19H15ClF3N3O2/c20-13-6-4-12(5-7-13)8-9-24-16(27)10-26-11-25-17-14(18(26)28)2-1-3-15(17)19(21,22)23/h1-7,11H,8-10H2,(H,24,27). The SMILES string of the molecule is O=C(Cn1cnc2c(C(F)(F)F)cccc2c1=O)NCCc1ccc(Cl)cc1. The van der Waals surface area contributed by atoms with E-state index in [4.69, 9.17) is 11.6 Å². The first kappa shape index (κ1) is 19.9. The number of carbonyl (C=O) groups excluding carboxylic acids is 1. The van der Waals surface area contributed by atoms with Crippen LogP contribution in [0, 0.1) is 0 Å². The highest BCUT2D eigenvalue weighted by molar-refractivity contribution is 6.30. The number of alkyl halides is 3. The molecule has 0 atom stereocenters. The second kappa shape index (κ2) is 8.02. The van der Waals surface area contributed by atoms with E-state index in [-0.39, 0.29) is 11.9 Å². The van der Waals surface area contributed by atoms with Crippen LogP contribution in [-0.2, 0) is 23.9 Å². The van der Waals surface area contributed by atoms with E-state index in [2.05, 4.69) is 10.3 Å². The highest BCUT2D eigenvalue weighted by atomic mass is 35.5. The Balaban J connectivity index is 1.70. The van der Waals surface area contributed by atoms with Crippen LogP contribution in [-0.4, -0.2) is 22.0 Å². The molecule has 1 aromatic heterocycles. The molecule has 1 amide bonds. The normalized spacial score (nSPS) is 11.6. The van der Waals surface area contributed by atoms with Gasteiger partial charge in [-0.15, -0.1) is 0 Å². The van der Waals surface area contributed by atoms with Crippen molar-refractivity contribution in [1.29, 1.82) is 0 Å². The van der Waals surface area contributed by atoms with Crippen molar-refractivity contribution >= 4 is 28.4 Å². The Morgan fingerprint density at radius 2 is 1.86 bits per heavy atom. The summed E-state index contributed by atoms with van der Waals surface area (Å²) in [6.07, 6.45) is -3.09. The third-order valence-electron chi connectivity index (χ3n) is 4.12. The second-order valence-electron chi connectivity index (χ2n) is 6.10.